The molecule has 0 fully saturated rings. The number of nitrogens with zero attached hydrogens (tertiary/aromatic N) is 1. The monoisotopic (exact) mass is 220 g/mol. The van der Waals surface area contributed by atoms with Crippen molar-refractivity contribution in [2.45, 2.75) is 32.9 Å². The van der Waals surface area contributed by atoms with Crippen LogP contribution in [0.25, 0.3) is 0 Å². The summed E-state index contributed by atoms with van der Waals surface area (Å²) in [5.74, 6) is 0. The van der Waals surface area contributed by atoms with Crippen LogP contribution in [0.1, 0.15) is 25.8 Å². The molecule has 1 aromatic carbocycles. The Labute approximate surface area is 99.7 Å². The molecule has 0 heterocycles. The maximum atomic E-state index is 3.51. The van der Waals surface area contributed by atoms with Gasteiger partial charge in [0, 0.05) is 19.1 Å². The topological polar surface area (TPSA) is 15.3 Å². The van der Waals surface area contributed by atoms with Gasteiger partial charge in [0.25, 0.3) is 0 Å². The SMILES string of the molecule is CCNC(CC)CN(C)Cc1ccccc1. The van der Waals surface area contributed by atoms with Gasteiger partial charge >= 0.3 is 0 Å². The van der Waals surface area contributed by atoms with Crippen LogP contribution in [0, 0.1) is 0 Å². The third kappa shape index (κ3) is 4.77. The lowest BCUT2D eigenvalue weighted by atomic mass is 10.2. The van der Waals surface area contributed by atoms with Gasteiger partial charge < -0.3 is 10.2 Å². The fourth-order valence-electron chi connectivity index (χ4n) is 1.96. The molecule has 0 aliphatic carbocycles. The van der Waals surface area contributed by atoms with Gasteiger partial charge in [-0.25, -0.2) is 0 Å². The molecule has 0 spiro atoms. The summed E-state index contributed by atoms with van der Waals surface area (Å²) in [6.07, 6.45) is 1.19. The lowest BCUT2D eigenvalue weighted by molar-refractivity contribution is 0.279. The molecule has 0 aliphatic heterocycles. The van der Waals surface area contributed by atoms with Crippen molar-refractivity contribution in [3.63, 3.8) is 0 Å². The van der Waals surface area contributed by atoms with E-state index in [0.29, 0.717) is 6.04 Å². The summed E-state index contributed by atoms with van der Waals surface area (Å²) in [7, 11) is 2.19. The number of benzene rings is 1. The van der Waals surface area contributed by atoms with Gasteiger partial charge in [0.2, 0.25) is 0 Å². The smallest absolute Gasteiger partial charge is 0.0231 e. The molecule has 1 aromatic rings. The Kier molecular flexibility index (Phi) is 6.12. The van der Waals surface area contributed by atoms with Gasteiger partial charge in [0.15, 0.2) is 0 Å². The lowest BCUT2D eigenvalue weighted by Crippen LogP contribution is -2.38. The van der Waals surface area contributed by atoms with Crippen LogP contribution in [-0.2, 0) is 6.54 Å². The molecule has 1 N–H and O–H groups in total. The van der Waals surface area contributed by atoms with Gasteiger partial charge in [-0.1, -0.05) is 44.2 Å². The van der Waals surface area contributed by atoms with E-state index in [1.165, 1.54) is 12.0 Å². The van der Waals surface area contributed by atoms with Crippen LogP contribution in [0.3, 0.4) is 0 Å². The van der Waals surface area contributed by atoms with E-state index < -0.39 is 0 Å². The zero-order valence-corrected chi connectivity index (χ0v) is 10.7. The first-order valence-corrected chi connectivity index (χ1v) is 6.22. The van der Waals surface area contributed by atoms with Crippen molar-refractivity contribution in [1.82, 2.24) is 10.2 Å². The first-order valence-electron chi connectivity index (χ1n) is 6.22. The van der Waals surface area contributed by atoms with E-state index in [0.717, 1.165) is 19.6 Å². The summed E-state index contributed by atoms with van der Waals surface area (Å²) in [5, 5.41) is 3.51. The van der Waals surface area contributed by atoms with Crippen molar-refractivity contribution >= 4 is 0 Å². The molecule has 0 saturated carbocycles. The normalized spacial score (nSPS) is 13.0. The van der Waals surface area contributed by atoms with Crippen molar-refractivity contribution in [1.29, 1.82) is 0 Å². The van der Waals surface area contributed by atoms with Gasteiger partial charge in [-0.05, 0) is 25.6 Å². The first kappa shape index (κ1) is 13.2. The van der Waals surface area contributed by atoms with Crippen molar-refractivity contribution in [3.8, 4) is 0 Å². The summed E-state index contributed by atoms with van der Waals surface area (Å²) in [6.45, 7) is 7.60. The molecule has 1 atom stereocenters. The highest BCUT2D eigenvalue weighted by atomic mass is 15.1. The molecule has 90 valence electrons. The average Bonchev–Trinajstić information content (AvgIpc) is 2.29. The summed E-state index contributed by atoms with van der Waals surface area (Å²) in [4.78, 5) is 2.38. The maximum Gasteiger partial charge on any atom is 0.0231 e. The summed E-state index contributed by atoms with van der Waals surface area (Å²) in [5.41, 5.74) is 1.39. The minimum atomic E-state index is 0.610. The zero-order valence-electron chi connectivity index (χ0n) is 10.7. The van der Waals surface area contributed by atoms with Crippen molar-refractivity contribution < 1.29 is 0 Å². The number of hydrogen-bond donors (Lipinski definition) is 1. The minimum absolute atomic E-state index is 0.610. The summed E-state index contributed by atoms with van der Waals surface area (Å²) in [6, 6.07) is 11.3. The minimum Gasteiger partial charge on any atom is -0.313 e. The quantitative estimate of drug-likeness (QED) is 0.759. The highest BCUT2D eigenvalue weighted by Crippen LogP contribution is 2.04. The Morgan fingerprint density at radius 2 is 1.88 bits per heavy atom. The first-order chi connectivity index (χ1) is 7.76. The highest BCUT2D eigenvalue weighted by Gasteiger charge is 2.08. The predicted molar refractivity (Wildman–Crippen MR) is 70.5 cm³/mol. The van der Waals surface area contributed by atoms with Crippen molar-refractivity contribution in [2.75, 3.05) is 20.1 Å². The van der Waals surface area contributed by atoms with Crippen LogP contribution in [0.4, 0.5) is 0 Å². The molecule has 0 bridgehead atoms. The molecule has 0 amide bonds. The molecule has 0 aromatic heterocycles. The van der Waals surface area contributed by atoms with Crippen LogP contribution in [0.2, 0.25) is 0 Å². The fourth-order valence-corrected chi connectivity index (χ4v) is 1.96. The molecule has 2 nitrogen and oxygen atoms in total. The highest BCUT2D eigenvalue weighted by molar-refractivity contribution is 5.14. The van der Waals surface area contributed by atoms with E-state index in [1.54, 1.807) is 0 Å². The number of hydrogen-bond acceptors (Lipinski definition) is 2. The Bertz CT molecular complexity index is 271. The fraction of sp³-hybridized carbons (Fsp3) is 0.571. The molecule has 16 heavy (non-hydrogen) atoms. The van der Waals surface area contributed by atoms with Crippen LogP contribution >= 0.6 is 0 Å². The van der Waals surface area contributed by atoms with Crippen LogP contribution < -0.4 is 5.32 Å². The van der Waals surface area contributed by atoms with Gasteiger partial charge in [0.05, 0.1) is 0 Å². The standard InChI is InChI=1S/C14H24N2/c1-4-14(15-5-2)12-16(3)11-13-9-7-6-8-10-13/h6-10,14-15H,4-5,11-12H2,1-3H3. The Balaban J connectivity index is 2.37. The van der Waals surface area contributed by atoms with Crippen LogP contribution in [0.15, 0.2) is 30.3 Å². The largest absolute Gasteiger partial charge is 0.313 e. The molecular weight excluding hydrogens is 196 g/mol. The molecule has 2 heteroatoms. The van der Waals surface area contributed by atoms with Crippen molar-refractivity contribution in [2.24, 2.45) is 0 Å². The maximum absolute atomic E-state index is 3.51. The van der Waals surface area contributed by atoms with E-state index in [1.807, 2.05) is 0 Å². The van der Waals surface area contributed by atoms with Gasteiger partial charge in [0.1, 0.15) is 0 Å². The van der Waals surface area contributed by atoms with Crippen molar-refractivity contribution in [3.05, 3.63) is 35.9 Å². The number of likely N-dealkylation sites (N-methyl/N-ethyl adjacent to an activating group) is 2. The second-order valence-corrected chi connectivity index (χ2v) is 4.35. The average molecular weight is 220 g/mol. The molecule has 1 unspecified atom stereocenters. The van der Waals surface area contributed by atoms with Crippen LogP contribution in [-0.4, -0.2) is 31.1 Å². The predicted octanol–water partition coefficient (Wildman–Crippen LogP) is 2.51. The third-order valence-corrected chi connectivity index (χ3v) is 2.81. The van der Waals surface area contributed by atoms with Gasteiger partial charge in [-0.15, -0.1) is 0 Å². The second-order valence-electron chi connectivity index (χ2n) is 4.35. The molecule has 1 rings (SSSR count). The van der Waals surface area contributed by atoms with Gasteiger partial charge in [-0.3, -0.25) is 0 Å². The van der Waals surface area contributed by atoms with E-state index in [2.05, 4.69) is 61.4 Å². The van der Waals surface area contributed by atoms with Crippen LogP contribution in [0.5, 0.6) is 0 Å². The van der Waals surface area contributed by atoms with Gasteiger partial charge in [-0.2, -0.15) is 0 Å². The van der Waals surface area contributed by atoms with E-state index in [-0.39, 0.29) is 0 Å². The molecule has 0 aliphatic rings. The number of nitrogens with one attached hydrogen (secondary N) is 1. The lowest BCUT2D eigenvalue weighted by Gasteiger charge is -2.23. The Hall–Kier alpha value is -0.860. The summed E-state index contributed by atoms with van der Waals surface area (Å²) >= 11 is 0. The number of rotatable bonds is 7. The third-order valence-electron chi connectivity index (χ3n) is 2.81. The van der Waals surface area contributed by atoms with E-state index in [4.69, 9.17) is 0 Å². The Morgan fingerprint density at radius 3 is 2.44 bits per heavy atom. The summed E-state index contributed by atoms with van der Waals surface area (Å²) < 4.78 is 0. The molecule has 0 radical (unpaired) electrons. The zero-order chi connectivity index (χ0) is 11.8. The molecule has 0 saturated heterocycles. The second kappa shape index (κ2) is 7.42. The molecular formula is C14H24N2. The van der Waals surface area contributed by atoms with E-state index >= 15 is 0 Å². The Morgan fingerprint density at radius 1 is 1.19 bits per heavy atom. The van der Waals surface area contributed by atoms with E-state index in [9.17, 15) is 0 Å².